The van der Waals surface area contributed by atoms with Crippen molar-refractivity contribution in [2.45, 2.75) is 13.3 Å². The lowest BCUT2D eigenvalue weighted by molar-refractivity contribution is 0.581. The molecule has 106 valence electrons. The maximum atomic E-state index is 13.7. The monoisotopic (exact) mass is 343 g/mol. The molecule has 0 atom stereocenters. The summed E-state index contributed by atoms with van der Waals surface area (Å²) in [6.07, 6.45) is 1.89. The number of halogens is 3. The number of nitrogen functional groups attached to an aromatic ring is 1. The first-order valence-electron chi connectivity index (χ1n) is 5.78. The van der Waals surface area contributed by atoms with Crippen LogP contribution in [0.3, 0.4) is 0 Å². The third kappa shape index (κ3) is 2.86. The average molecular weight is 344 g/mol. The predicted molar refractivity (Wildman–Crippen MR) is 76.6 cm³/mol. The Morgan fingerprint density at radius 1 is 1.20 bits per heavy atom. The fraction of sp³-hybridized carbons (Fsp3) is 0.167. The van der Waals surface area contributed by atoms with Gasteiger partial charge in [-0.05, 0) is 28.4 Å². The summed E-state index contributed by atoms with van der Waals surface area (Å²) in [5.74, 6) is 4.84. The van der Waals surface area contributed by atoms with E-state index in [4.69, 9.17) is 5.84 Å². The van der Waals surface area contributed by atoms with E-state index in [1.165, 1.54) is 12.4 Å². The second-order valence-electron chi connectivity index (χ2n) is 3.92. The Morgan fingerprint density at radius 3 is 2.55 bits per heavy atom. The summed E-state index contributed by atoms with van der Waals surface area (Å²) in [6, 6.07) is 2.10. The number of hydrogen-bond donors (Lipinski definition) is 3. The van der Waals surface area contributed by atoms with Crippen molar-refractivity contribution in [3.05, 3.63) is 40.1 Å². The Bertz CT molecular complexity index is 635. The molecule has 0 amide bonds. The molecule has 0 saturated heterocycles. The molecule has 1 aromatic heterocycles. The summed E-state index contributed by atoms with van der Waals surface area (Å²) in [5, 5.41) is 2.82. The van der Waals surface area contributed by atoms with Crippen molar-refractivity contribution >= 4 is 33.3 Å². The highest BCUT2D eigenvalue weighted by Crippen LogP contribution is 2.28. The van der Waals surface area contributed by atoms with E-state index in [1.807, 2.05) is 6.92 Å². The molecule has 1 heterocycles. The van der Waals surface area contributed by atoms with Crippen LogP contribution < -0.4 is 16.6 Å². The third-order valence-electron chi connectivity index (χ3n) is 2.70. The Hall–Kier alpha value is -1.80. The molecule has 0 unspecified atom stereocenters. The van der Waals surface area contributed by atoms with Crippen LogP contribution in [0.1, 0.15) is 12.5 Å². The van der Waals surface area contributed by atoms with Gasteiger partial charge in [0.15, 0.2) is 0 Å². The maximum absolute atomic E-state index is 13.7. The van der Waals surface area contributed by atoms with E-state index in [1.54, 1.807) is 0 Å². The normalized spacial score (nSPS) is 10.4. The molecule has 0 fully saturated rings. The minimum absolute atomic E-state index is 0.106. The van der Waals surface area contributed by atoms with Gasteiger partial charge in [0.1, 0.15) is 29.6 Å². The fourth-order valence-corrected chi connectivity index (χ4v) is 2.07. The molecule has 4 N–H and O–H groups in total. The number of nitrogens with zero attached hydrogens (tertiary/aromatic N) is 2. The van der Waals surface area contributed by atoms with Crippen LogP contribution in [-0.2, 0) is 6.42 Å². The SMILES string of the molecule is CCc1c(NN)ncnc1Nc1cc(Br)c(F)cc1F. The van der Waals surface area contributed by atoms with Crippen LogP contribution in [0.25, 0.3) is 0 Å². The minimum atomic E-state index is -0.714. The Morgan fingerprint density at radius 2 is 1.90 bits per heavy atom. The quantitative estimate of drug-likeness (QED) is 0.451. The summed E-state index contributed by atoms with van der Waals surface area (Å²) in [7, 11) is 0. The smallest absolute Gasteiger partial charge is 0.149 e. The highest BCUT2D eigenvalue weighted by atomic mass is 79.9. The third-order valence-corrected chi connectivity index (χ3v) is 3.31. The van der Waals surface area contributed by atoms with E-state index >= 15 is 0 Å². The molecule has 0 aliphatic rings. The molecule has 0 saturated carbocycles. The molecule has 0 aliphatic carbocycles. The highest BCUT2D eigenvalue weighted by Gasteiger charge is 2.13. The van der Waals surface area contributed by atoms with E-state index in [0.29, 0.717) is 23.6 Å². The van der Waals surface area contributed by atoms with Gasteiger partial charge in [-0.15, -0.1) is 0 Å². The first-order valence-corrected chi connectivity index (χ1v) is 6.58. The lowest BCUT2D eigenvalue weighted by Gasteiger charge is -2.13. The van der Waals surface area contributed by atoms with E-state index in [0.717, 1.165) is 6.07 Å². The average Bonchev–Trinajstić information content (AvgIpc) is 2.44. The number of nitrogens with one attached hydrogen (secondary N) is 2. The topological polar surface area (TPSA) is 75.9 Å². The van der Waals surface area contributed by atoms with Crippen LogP contribution in [-0.4, -0.2) is 9.97 Å². The van der Waals surface area contributed by atoms with E-state index in [2.05, 4.69) is 36.6 Å². The number of nitrogens with two attached hydrogens (primary N) is 1. The molecule has 2 aromatic rings. The second kappa shape index (κ2) is 6.10. The van der Waals surface area contributed by atoms with Gasteiger partial charge >= 0.3 is 0 Å². The molecular formula is C12H12BrF2N5. The number of anilines is 3. The number of rotatable bonds is 4. The fourth-order valence-electron chi connectivity index (χ4n) is 1.73. The zero-order valence-corrected chi connectivity index (χ0v) is 12.1. The van der Waals surface area contributed by atoms with E-state index < -0.39 is 11.6 Å². The lowest BCUT2D eigenvalue weighted by atomic mass is 10.2. The van der Waals surface area contributed by atoms with Crippen molar-refractivity contribution in [1.82, 2.24) is 9.97 Å². The second-order valence-corrected chi connectivity index (χ2v) is 4.77. The Balaban J connectivity index is 2.42. The first kappa shape index (κ1) is 14.6. The molecule has 0 aliphatic heterocycles. The summed E-state index contributed by atoms with van der Waals surface area (Å²) >= 11 is 3.01. The van der Waals surface area contributed by atoms with Gasteiger partial charge in [-0.3, -0.25) is 0 Å². The van der Waals surface area contributed by atoms with Crippen molar-refractivity contribution in [3.63, 3.8) is 0 Å². The van der Waals surface area contributed by atoms with E-state index in [-0.39, 0.29) is 10.2 Å². The zero-order chi connectivity index (χ0) is 14.7. The van der Waals surface area contributed by atoms with Gasteiger partial charge in [-0.25, -0.2) is 24.6 Å². The molecular weight excluding hydrogens is 332 g/mol. The van der Waals surface area contributed by atoms with Crippen molar-refractivity contribution in [3.8, 4) is 0 Å². The van der Waals surface area contributed by atoms with Gasteiger partial charge in [-0.2, -0.15) is 0 Å². The summed E-state index contributed by atoms with van der Waals surface area (Å²) in [4.78, 5) is 8.03. The van der Waals surface area contributed by atoms with Crippen LogP contribution in [0.5, 0.6) is 0 Å². The van der Waals surface area contributed by atoms with E-state index in [9.17, 15) is 8.78 Å². The number of benzene rings is 1. The number of hydrogen-bond acceptors (Lipinski definition) is 5. The van der Waals surface area contributed by atoms with Crippen molar-refractivity contribution < 1.29 is 8.78 Å². The molecule has 8 heteroatoms. The van der Waals surface area contributed by atoms with Gasteiger partial charge in [0.2, 0.25) is 0 Å². The van der Waals surface area contributed by atoms with Crippen LogP contribution in [0.15, 0.2) is 22.9 Å². The molecule has 20 heavy (non-hydrogen) atoms. The van der Waals surface area contributed by atoms with Gasteiger partial charge in [0.25, 0.3) is 0 Å². The molecule has 0 spiro atoms. The molecule has 5 nitrogen and oxygen atoms in total. The number of hydrazine groups is 1. The molecule has 2 rings (SSSR count). The lowest BCUT2D eigenvalue weighted by Crippen LogP contribution is -2.13. The zero-order valence-electron chi connectivity index (χ0n) is 10.5. The van der Waals surface area contributed by atoms with Gasteiger partial charge in [0.05, 0.1) is 10.2 Å². The predicted octanol–water partition coefficient (Wildman–Crippen LogP) is 3.11. The summed E-state index contributed by atoms with van der Waals surface area (Å²) in [5.41, 5.74) is 3.26. The van der Waals surface area contributed by atoms with Gasteiger partial charge in [-0.1, -0.05) is 6.92 Å². The van der Waals surface area contributed by atoms with Crippen LogP contribution in [0.2, 0.25) is 0 Å². The molecule has 0 bridgehead atoms. The Labute approximate surface area is 122 Å². The van der Waals surface area contributed by atoms with Crippen LogP contribution in [0.4, 0.5) is 26.1 Å². The van der Waals surface area contributed by atoms with Crippen LogP contribution >= 0.6 is 15.9 Å². The number of aromatic nitrogens is 2. The van der Waals surface area contributed by atoms with Crippen molar-refractivity contribution in [1.29, 1.82) is 0 Å². The standard InChI is InChI=1S/C12H12BrF2N5/c1-2-6-11(17-5-18-12(6)20-16)19-10-3-7(13)8(14)4-9(10)15/h3-5H,2,16H2,1H3,(H2,17,18,19,20). The highest BCUT2D eigenvalue weighted by molar-refractivity contribution is 9.10. The Kier molecular flexibility index (Phi) is 4.46. The largest absolute Gasteiger partial charge is 0.337 e. The summed E-state index contributed by atoms with van der Waals surface area (Å²) in [6.45, 7) is 1.89. The van der Waals surface area contributed by atoms with Gasteiger partial charge < -0.3 is 10.7 Å². The maximum Gasteiger partial charge on any atom is 0.149 e. The molecule has 0 radical (unpaired) electrons. The van der Waals surface area contributed by atoms with Crippen molar-refractivity contribution in [2.75, 3.05) is 10.7 Å². The first-order chi connectivity index (χ1) is 9.56. The van der Waals surface area contributed by atoms with Crippen molar-refractivity contribution in [2.24, 2.45) is 5.84 Å². The summed E-state index contributed by atoms with van der Waals surface area (Å²) < 4.78 is 27.1. The minimum Gasteiger partial charge on any atom is -0.337 e. The molecule has 1 aromatic carbocycles. The van der Waals surface area contributed by atoms with Gasteiger partial charge in [0, 0.05) is 11.6 Å². The van der Waals surface area contributed by atoms with Crippen LogP contribution in [0, 0.1) is 11.6 Å².